The number of piperidine rings is 1. The number of nitrogens with one attached hydrogen (secondary N) is 4. The third kappa shape index (κ3) is 6.72. The van der Waals surface area contributed by atoms with Crippen LogP contribution in [0.15, 0.2) is 53.2 Å². The van der Waals surface area contributed by atoms with E-state index in [2.05, 4.69) is 48.5 Å². The molecule has 2 aliphatic heterocycles. The van der Waals surface area contributed by atoms with E-state index in [4.69, 9.17) is 16.1 Å². The number of aryl methyl sites for hydroxylation is 4. The van der Waals surface area contributed by atoms with Crippen LogP contribution in [0.4, 0.5) is 39.3 Å². The molecule has 12 heteroatoms. The van der Waals surface area contributed by atoms with Gasteiger partial charge in [-0.05, 0) is 86.9 Å². The van der Waals surface area contributed by atoms with Crippen LogP contribution in [0, 0.1) is 19.8 Å². The molecule has 1 fully saturated rings. The van der Waals surface area contributed by atoms with E-state index in [1.165, 1.54) is 0 Å². The molecule has 4 heterocycles. The van der Waals surface area contributed by atoms with Crippen LogP contribution >= 0.6 is 11.6 Å². The normalized spacial score (nSPS) is 14.8. The van der Waals surface area contributed by atoms with Gasteiger partial charge in [0.2, 0.25) is 11.9 Å². The first-order chi connectivity index (χ1) is 20.8. The molecule has 1 saturated heterocycles. The fourth-order valence-corrected chi connectivity index (χ4v) is 5.65. The minimum absolute atomic E-state index is 0.0341. The predicted molar refractivity (Wildman–Crippen MR) is 166 cm³/mol. The minimum atomic E-state index is -0.174. The molecule has 2 aliphatic rings. The number of amides is 3. The SMILES string of the molecule is Cc1noc(C)c1NC(=O)N1CCC(CC(=O)Nc2ccc3cc2CCc2cccc(c2)Nc2ncc(Cl)c(n2)N3)CC1. The fraction of sp³-hybridized carbons (Fsp3) is 0.323. The Morgan fingerprint density at radius 2 is 1.86 bits per heavy atom. The van der Waals surface area contributed by atoms with Crippen molar-refractivity contribution in [2.24, 2.45) is 5.92 Å². The zero-order chi connectivity index (χ0) is 29.9. The minimum Gasteiger partial charge on any atom is -0.359 e. The second-order valence-corrected chi connectivity index (χ2v) is 11.4. The summed E-state index contributed by atoms with van der Waals surface area (Å²) >= 11 is 6.39. The quantitative estimate of drug-likeness (QED) is 0.206. The summed E-state index contributed by atoms with van der Waals surface area (Å²) in [6.45, 7) is 4.73. The monoisotopic (exact) mass is 600 g/mol. The average Bonchev–Trinajstić information content (AvgIpc) is 3.31. The van der Waals surface area contributed by atoms with E-state index in [0.29, 0.717) is 53.4 Å². The summed E-state index contributed by atoms with van der Waals surface area (Å²) in [4.78, 5) is 36.6. The number of halogens is 1. The standard InChI is InChI=1S/C31H33ClN8O3/c1-18-28(19(2)43-39-18)37-31(42)40-12-10-21(11-13-40)15-27(41)36-26-9-8-24-16-22(26)7-6-20-4-3-5-23(14-20)35-30-33-17-25(32)29(34-24)38-30/h3-5,8-9,14,16-17,21H,6-7,10-13,15H2,1-2H3,(H,36,41)(H,37,42)(H2,33,34,35,38). The molecule has 0 aliphatic carbocycles. The number of hydrogen-bond acceptors (Lipinski definition) is 8. The zero-order valence-electron chi connectivity index (χ0n) is 24.0. The summed E-state index contributed by atoms with van der Waals surface area (Å²) in [6.07, 6.45) is 4.98. The van der Waals surface area contributed by atoms with Crippen LogP contribution in [-0.2, 0) is 17.6 Å². The molecule has 6 bridgehead atoms. The van der Waals surface area contributed by atoms with Crippen molar-refractivity contribution in [2.75, 3.05) is 34.4 Å². The summed E-state index contributed by atoms with van der Waals surface area (Å²) < 4.78 is 5.14. The number of nitrogens with zero attached hydrogens (tertiary/aromatic N) is 4. The number of carbonyl (C=O) groups excluding carboxylic acids is 2. The smallest absolute Gasteiger partial charge is 0.321 e. The van der Waals surface area contributed by atoms with E-state index in [1.807, 2.05) is 30.3 Å². The number of anilines is 6. The molecule has 11 nitrogen and oxygen atoms in total. The maximum Gasteiger partial charge on any atom is 0.321 e. The number of benzene rings is 2. The van der Waals surface area contributed by atoms with Crippen LogP contribution in [-0.4, -0.2) is 45.1 Å². The first-order valence-corrected chi connectivity index (χ1v) is 14.8. The molecule has 0 radical (unpaired) electrons. The van der Waals surface area contributed by atoms with Crippen molar-refractivity contribution in [3.63, 3.8) is 0 Å². The summed E-state index contributed by atoms with van der Waals surface area (Å²) in [7, 11) is 0. The van der Waals surface area contributed by atoms with Gasteiger partial charge in [0.1, 0.15) is 16.4 Å². The lowest BCUT2D eigenvalue weighted by Gasteiger charge is -2.31. The Morgan fingerprint density at radius 1 is 1.05 bits per heavy atom. The van der Waals surface area contributed by atoms with Gasteiger partial charge in [-0.3, -0.25) is 4.79 Å². The third-order valence-corrected chi connectivity index (χ3v) is 8.17. The number of fused-ring (bicyclic) bond motifs is 6. The summed E-state index contributed by atoms with van der Waals surface area (Å²) in [5.74, 6) is 1.67. The molecule has 222 valence electrons. The lowest BCUT2D eigenvalue weighted by molar-refractivity contribution is -0.117. The van der Waals surface area contributed by atoms with Crippen LogP contribution in [0.25, 0.3) is 0 Å². The molecular weight excluding hydrogens is 568 g/mol. The van der Waals surface area contributed by atoms with Crippen LogP contribution in [0.3, 0.4) is 0 Å². The molecule has 2 aromatic carbocycles. The van der Waals surface area contributed by atoms with Crippen LogP contribution in [0.5, 0.6) is 0 Å². The largest absolute Gasteiger partial charge is 0.359 e. The van der Waals surface area contributed by atoms with Gasteiger partial charge in [-0.25, -0.2) is 9.78 Å². The zero-order valence-corrected chi connectivity index (χ0v) is 24.8. The van der Waals surface area contributed by atoms with E-state index >= 15 is 0 Å². The number of likely N-dealkylation sites (tertiary alicyclic amines) is 1. The predicted octanol–water partition coefficient (Wildman–Crippen LogP) is 6.59. The van der Waals surface area contributed by atoms with Crippen molar-refractivity contribution >= 4 is 58.1 Å². The number of carbonyl (C=O) groups is 2. The Hall–Kier alpha value is -4.64. The second kappa shape index (κ2) is 12.3. The Kier molecular flexibility index (Phi) is 8.15. The first-order valence-electron chi connectivity index (χ1n) is 14.4. The molecule has 6 rings (SSSR count). The first kappa shape index (κ1) is 28.5. The Labute approximate surface area is 254 Å². The summed E-state index contributed by atoms with van der Waals surface area (Å²) in [5, 5.41) is 16.9. The topological polar surface area (TPSA) is 137 Å². The molecule has 4 N–H and O–H groups in total. The van der Waals surface area contributed by atoms with Crippen molar-refractivity contribution in [1.82, 2.24) is 20.0 Å². The van der Waals surface area contributed by atoms with Gasteiger partial charge in [-0.15, -0.1) is 0 Å². The highest BCUT2D eigenvalue weighted by Crippen LogP contribution is 2.30. The number of rotatable bonds is 4. The van der Waals surface area contributed by atoms with E-state index in [-0.39, 0.29) is 17.9 Å². The molecule has 3 amide bonds. The van der Waals surface area contributed by atoms with E-state index < -0.39 is 0 Å². The molecular formula is C31H33ClN8O3. The Balaban J connectivity index is 1.11. The van der Waals surface area contributed by atoms with Gasteiger partial charge >= 0.3 is 6.03 Å². The molecule has 0 atom stereocenters. The van der Waals surface area contributed by atoms with E-state index in [0.717, 1.165) is 53.9 Å². The van der Waals surface area contributed by atoms with E-state index in [1.54, 1.807) is 24.9 Å². The van der Waals surface area contributed by atoms with Gasteiger partial charge in [0.15, 0.2) is 11.6 Å². The number of hydrogen-bond donors (Lipinski definition) is 4. The highest BCUT2D eigenvalue weighted by molar-refractivity contribution is 6.32. The molecule has 43 heavy (non-hydrogen) atoms. The molecule has 0 unspecified atom stereocenters. The van der Waals surface area contributed by atoms with Crippen molar-refractivity contribution in [1.29, 1.82) is 0 Å². The molecule has 0 spiro atoms. The van der Waals surface area contributed by atoms with Crippen molar-refractivity contribution in [2.45, 2.75) is 46.0 Å². The lowest BCUT2D eigenvalue weighted by atomic mass is 9.93. The van der Waals surface area contributed by atoms with Gasteiger partial charge in [0, 0.05) is 36.6 Å². The average molecular weight is 601 g/mol. The summed E-state index contributed by atoms with van der Waals surface area (Å²) in [6, 6.07) is 13.8. The Bertz CT molecular complexity index is 1650. The number of aromatic nitrogens is 3. The van der Waals surface area contributed by atoms with Gasteiger partial charge < -0.3 is 30.7 Å². The van der Waals surface area contributed by atoms with Gasteiger partial charge in [0.25, 0.3) is 0 Å². The van der Waals surface area contributed by atoms with Gasteiger partial charge in [-0.2, -0.15) is 4.98 Å². The molecule has 0 saturated carbocycles. The maximum atomic E-state index is 13.2. The van der Waals surface area contributed by atoms with Crippen LogP contribution in [0.2, 0.25) is 5.02 Å². The highest BCUT2D eigenvalue weighted by atomic mass is 35.5. The van der Waals surface area contributed by atoms with Crippen LogP contribution in [0.1, 0.15) is 41.8 Å². The lowest BCUT2D eigenvalue weighted by Crippen LogP contribution is -2.41. The number of urea groups is 1. The molecule has 4 aromatic rings. The second-order valence-electron chi connectivity index (χ2n) is 11.0. The van der Waals surface area contributed by atoms with Crippen molar-refractivity contribution in [3.05, 3.63) is 76.3 Å². The van der Waals surface area contributed by atoms with Gasteiger partial charge in [0.05, 0.1) is 6.20 Å². The van der Waals surface area contributed by atoms with E-state index in [9.17, 15) is 9.59 Å². The Morgan fingerprint density at radius 3 is 2.65 bits per heavy atom. The maximum absolute atomic E-state index is 13.2. The fourth-order valence-electron chi connectivity index (χ4n) is 5.52. The molecule has 2 aromatic heterocycles. The van der Waals surface area contributed by atoms with Gasteiger partial charge in [-0.1, -0.05) is 28.9 Å². The van der Waals surface area contributed by atoms with Crippen molar-refractivity contribution < 1.29 is 14.1 Å². The highest BCUT2D eigenvalue weighted by Gasteiger charge is 2.26. The summed E-state index contributed by atoms with van der Waals surface area (Å²) in [5.41, 5.74) is 5.91. The van der Waals surface area contributed by atoms with Crippen molar-refractivity contribution in [3.8, 4) is 0 Å². The third-order valence-electron chi connectivity index (χ3n) is 7.89. The van der Waals surface area contributed by atoms with Crippen LogP contribution < -0.4 is 21.3 Å².